The van der Waals surface area contributed by atoms with Crippen molar-refractivity contribution in [3.8, 4) is 0 Å². The van der Waals surface area contributed by atoms with E-state index in [0.717, 1.165) is 38.0 Å². The number of nitrogens with zero attached hydrogens (tertiary/aromatic N) is 4. The van der Waals surface area contributed by atoms with Gasteiger partial charge in [0.25, 0.3) is 5.91 Å². The van der Waals surface area contributed by atoms with Crippen LogP contribution in [0, 0.1) is 0 Å². The summed E-state index contributed by atoms with van der Waals surface area (Å²) >= 11 is 0. The number of nitrogens with one attached hydrogen (secondary N) is 1. The molecule has 6 nitrogen and oxygen atoms in total. The lowest BCUT2D eigenvalue weighted by atomic mass is 10.1. The fourth-order valence-electron chi connectivity index (χ4n) is 3.08. The Morgan fingerprint density at radius 3 is 2.96 bits per heavy atom. The van der Waals surface area contributed by atoms with Gasteiger partial charge < -0.3 is 10.2 Å². The molecule has 1 fully saturated rings. The van der Waals surface area contributed by atoms with Crippen LogP contribution in [-0.2, 0) is 13.6 Å². The van der Waals surface area contributed by atoms with Crippen LogP contribution < -0.4 is 5.32 Å². The molecule has 0 radical (unpaired) electrons. The molecule has 23 heavy (non-hydrogen) atoms. The molecule has 0 bridgehead atoms. The Labute approximate surface area is 136 Å². The van der Waals surface area contributed by atoms with Gasteiger partial charge >= 0.3 is 0 Å². The molecule has 3 rings (SSSR count). The molecule has 1 atom stereocenters. The first-order valence-corrected chi connectivity index (χ1v) is 8.15. The summed E-state index contributed by atoms with van der Waals surface area (Å²) in [7, 11) is 1.81. The SMILES string of the molecule is Cn1nccc1C(=O)N(Cc1ccccn1)C1CCCNCC1. The summed E-state index contributed by atoms with van der Waals surface area (Å²) in [6.45, 7) is 2.51. The van der Waals surface area contributed by atoms with Crippen molar-refractivity contribution in [2.24, 2.45) is 7.05 Å². The quantitative estimate of drug-likeness (QED) is 0.931. The number of aromatic nitrogens is 3. The summed E-state index contributed by atoms with van der Waals surface area (Å²) in [6.07, 6.45) is 6.51. The number of rotatable bonds is 4. The van der Waals surface area contributed by atoms with Crippen molar-refractivity contribution in [2.45, 2.75) is 31.8 Å². The highest BCUT2D eigenvalue weighted by molar-refractivity contribution is 5.92. The van der Waals surface area contributed by atoms with Crippen LogP contribution in [0.2, 0.25) is 0 Å². The fraction of sp³-hybridized carbons (Fsp3) is 0.471. The molecule has 6 heteroatoms. The van der Waals surface area contributed by atoms with Crippen molar-refractivity contribution in [1.29, 1.82) is 0 Å². The van der Waals surface area contributed by atoms with Crippen molar-refractivity contribution < 1.29 is 4.79 Å². The monoisotopic (exact) mass is 313 g/mol. The number of carbonyl (C=O) groups excluding carboxylic acids is 1. The molecule has 1 aliphatic heterocycles. The minimum atomic E-state index is 0.0301. The third-order valence-electron chi connectivity index (χ3n) is 4.35. The van der Waals surface area contributed by atoms with Crippen LogP contribution >= 0.6 is 0 Å². The number of pyridine rings is 1. The Bertz CT molecular complexity index is 631. The van der Waals surface area contributed by atoms with Crippen LogP contribution in [0.3, 0.4) is 0 Å². The van der Waals surface area contributed by atoms with Crippen LogP contribution in [0.15, 0.2) is 36.7 Å². The molecule has 2 aromatic rings. The first-order chi connectivity index (χ1) is 11.3. The Hall–Kier alpha value is -2.21. The molecule has 3 heterocycles. The molecule has 1 unspecified atom stereocenters. The third-order valence-corrected chi connectivity index (χ3v) is 4.35. The molecule has 2 aromatic heterocycles. The molecular formula is C17H23N5O. The number of amides is 1. The van der Waals surface area contributed by atoms with E-state index in [1.807, 2.05) is 23.1 Å². The normalized spacial score (nSPS) is 18.4. The number of hydrogen-bond donors (Lipinski definition) is 1. The van der Waals surface area contributed by atoms with E-state index in [-0.39, 0.29) is 11.9 Å². The molecule has 1 aliphatic rings. The predicted octanol–water partition coefficient (Wildman–Crippen LogP) is 1.60. The predicted molar refractivity (Wildman–Crippen MR) is 87.8 cm³/mol. The van der Waals surface area contributed by atoms with E-state index in [0.29, 0.717) is 12.2 Å². The van der Waals surface area contributed by atoms with Gasteiger partial charge in [0.05, 0.1) is 12.2 Å². The summed E-state index contributed by atoms with van der Waals surface area (Å²) in [5, 5.41) is 7.54. The average Bonchev–Trinajstić information content (AvgIpc) is 2.84. The van der Waals surface area contributed by atoms with Crippen LogP contribution in [-0.4, -0.2) is 44.7 Å². The molecule has 0 saturated carbocycles. The molecule has 1 N–H and O–H groups in total. The van der Waals surface area contributed by atoms with Gasteiger partial charge in [-0.05, 0) is 50.6 Å². The maximum Gasteiger partial charge on any atom is 0.272 e. The van der Waals surface area contributed by atoms with Crippen molar-refractivity contribution in [3.05, 3.63) is 48.0 Å². The molecule has 0 aromatic carbocycles. The van der Waals surface area contributed by atoms with Gasteiger partial charge in [-0.3, -0.25) is 14.5 Å². The van der Waals surface area contributed by atoms with Gasteiger partial charge in [-0.25, -0.2) is 0 Å². The highest BCUT2D eigenvalue weighted by Gasteiger charge is 2.27. The van der Waals surface area contributed by atoms with Crippen molar-refractivity contribution in [2.75, 3.05) is 13.1 Å². The van der Waals surface area contributed by atoms with E-state index < -0.39 is 0 Å². The number of carbonyl (C=O) groups is 1. The maximum absolute atomic E-state index is 13.1. The van der Waals surface area contributed by atoms with Gasteiger partial charge in [0.2, 0.25) is 0 Å². The Morgan fingerprint density at radius 2 is 2.22 bits per heavy atom. The van der Waals surface area contributed by atoms with Crippen LogP contribution in [0.25, 0.3) is 0 Å². The van der Waals surface area contributed by atoms with Gasteiger partial charge in [-0.1, -0.05) is 6.07 Å². The van der Waals surface area contributed by atoms with Gasteiger partial charge in [0.1, 0.15) is 5.69 Å². The molecule has 1 amide bonds. The van der Waals surface area contributed by atoms with Gasteiger partial charge in [0.15, 0.2) is 0 Å². The molecule has 0 aliphatic carbocycles. The van der Waals surface area contributed by atoms with Crippen molar-refractivity contribution in [1.82, 2.24) is 25.0 Å². The zero-order valence-corrected chi connectivity index (χ0v) is 13.5. The maximum atomic E-state index is 13.1. The second-order valence-corrected chi connectivity index (χ2v) is 5.93. The van der Waals surface area contributed by atoms with E-state index >= 15 is 0 Å². The van der Waals surface area contributed by atoms with Gasteiger partial charge in [-0.15, -0.1) is 0 Å². The second-order valence-electron chi connectivity index (χ2n) is 5.93. The lowest BCUT2D eigenvalue weighted by Crippen LogP contribution is -2.41. The number of aryl methyl sites for hydroxylation is 1. The molecule has 122 valence electrons. The minimum absolute atomic E-state index is 0.0301. The zero-order valence-electron chi connectivity index (χ0n) is 13.5. The van der Waals surface area contributed by atoms with Crippen molar-refractivity contribution >= 4 is 5.91 Å². The minimum Gasteiger partial charge on any atom is -0.328 e. The van der Waals surface area contributed by atoms with E-state index in [1.54, 1.807) is 30.2 Å². The Morgan fingerprint density at radius 1 is 1.30 bits per heavy atom. The van der Waals surface area contributed by atoms with Crippen molar-refractivity contribution in [3.63, 3.8) is 0 Å². The van der Waals surface area contributed by atoms with E-state index in [4.69, 9.17) is 0 Å². The van der Waals surface area contributed by atoms with E-state index in [2.05, 4.69) is 15.4 Å². The summed E-state index contributed by atoms with van der Waals surface area (Å²) in [5.41, 5.74) is 1.54. The first-order valence-electron chi connectivity index (χ1n) is 8.15. The van der Waals surface area contributed by atoms with E-state index in [1.165, 1.54) is 0 Å². The van der Waals surface area contributed by atoms with Crippen LogP contribution in [0.1, 0.15) is 35.4 Å². The zero-order chi connectivity index (χ0) is 16.1. The van der Waals surface area contributed by atoms with Crippen LogP contribution in [0.4, 0.5) is 0 Å². The smallest absolute Gasteiger partial charge is 0.272 e. The Kier molecular flexibility index (Phi) is 5.02. The fourth-order valence-corrected chi connectivity index (χ4v) is 3.08. The standard InChI is InChI=1S/C17H23N5O/c1-21-16(8-12-20-21)17(23)22(13-14-5-2-3-10-19-14)15-6-4-9-18-11-7-15/h2-3,5,8,10,12,15,18H,4,6-7,9,11,13H2,1H3. The summed E-state index contributed by atoms with van der Waals surface area (Å²) in [6, 6.07) is 7.84. The lowest BCUT2D eigenvalue weighted by Gasteiger charge is -2.31. The topological polar surface area (TPSA) is 63.1 Å². The molecule has 1 saturated heterocycles. The molecule has 0 spiro atoms. The number of hydrogen-bond acceptors (Lipinski definition) is 4. The first kappa shape index (κ1) is 15.7. The molecular weight excluding hydrogens is 290 g/mol. The highest BCUT2D eigenvalue weighted by Crippen LogP contribution is 2.19. The van der Waals surface area contributed by atoms with Crippen LogP contribution in [0.5, 0.6) is 0 Å². The van der Waals surface area contributed by atoms with Gasteiger partial charge in [0, 0.05) is 25.5 Å². The van der Waals surface area contributed by atoms with Gasteiger partial charge in [-0.2, -0.15) is 5.10 Å². The Balaban J connectivity index is 1.86. The highest BCUT2D eigenvalue weighted by atomic mass is 16.2. The lowest BCUT2D eigenvalue weighted by molar-refractivity contribution is 0.0631. The third kappa shape index (κ3) is 3.76. The second kappa shape index (κ2) is 7.37. The largest absolute Gasteiger partial charge is 0.328 e. The van der Waals surface area contributed by atoms with E-state index in [9.17, 15) is 4.79 Å². The average molecular weight is 313 g/mol. The summed E-state index contributed by atoms with van der Waals surface area (Å²) in [5.74, 6) is 0.0301. The summed E-state index contributed by atoms with van der Waals surface area (Å²) < 4.78 is 1.64. The summed E-state index contributed by atoms with van der Waals surface area (Å²) in [4.78, 5) is 19.4.